The Morgan fingerprint density at radius 1 is 1.47 bits per heavy atom. The Kier molecular flexibility index (Phi) is 5.07. The Bertz CT molecular complexity index is 398. The van der Waals surface area contributed by atoms with Crippen LogP contribution in [0.3, 0.4) is 0 Å². The molecule has 2 atom stereocenters. The number of aryl methyl sites for hydroxylation is 1. The van der Waals surface area contributed by atoms with Gasteiger partial charge in [-0.15, -0.1) is 12.4 Å². The molecule has 5 heteroatoms. The first-order chi connectivity index (χ1) is 7.61. The van der Waals surface area contributed by atoms with Gasteiger partial charge >= 0.3 is 0 Å². The molecule has 2 N–H and O–H groups in total. The fourth-order valence-corrected chi connectivity index (χ4v) is 2.08. The topological polar surface area (TPSA) is 41.5 Å². The summed E-state index contributed by atoms with van der Waals surface area (Å²) < 4.78 is 5.68. The van der Waals surface area contributed by atoms with E-state index in [1.807, 2.05) is 20.0 Å². The highest BCUT2D eigenvalue weighted by molar-refractivity contribution is 6.31. The summed E-state index contributed by atoms with van der Waals surface area (Å²) in [6, 6.07) is 3.86. The molecule has 0 spiro atoms. The zero-order chi connectivity index (χ0) is 11.7. The lowest BCUT2D eigenvalue weighted by Crippen LogP contribution is -2.31. The van der Waals surface area contributed by atoms with E-state index in [-0.39, 0.29) is 18.4 Å². The molecule has 1 aliphatic heterocycles. The van der Waals surface area contributed by atoms with Gasteiger partial charge in [0.2, 0.25) is 0 Å². The van der Waals surface area contributed by atoms with Crippen LogP contribution in [-0.2, 0) is 0 Å². The maximum atomic E-state index is 10.1. The van der Waals surface area contributed by atoms with Crippen molar-refractivity contribution in [1.82, 2.24) is 5.32 Å². The number of rotatable bonds is 1. The van der Waals surface area contributed by atoms with Crippen LogP contribution in [0.4, 0.5) is 0 Å². The van der Waals surface area contributed by atoms with Gasteiger partial charge in [0.25, 0.3) is 0 Å². The largest absolute Gasteiger partial charge is 0.492 e. The third-order valence-electron chi connectivity index (χ3n) is 3.01. The summed E-state index contributed by atoms with van der Waals surface area (Å²) in [7, 11) is 1.87. The summed E-state index contributed by atoms with van der Waals surface area (Å²) in [5, 5.41) is 13.9. The van der Waals surface area contributed by atoms with E-state index in [0.29, 0.717) is 18.1 Å². The maximum Gasteiger partial charge on any atom is 0.125 e. The van der Waals surface area contributed by atoms with Gasteiger partial charge in [-0.1, -0.05) is 11.6 Å². The molecule has 96 valence electrons. The van der Waals surface area contributed by atoms with Crippen LogP contribution in [0, 0.1) is 6.92 Å². The molecule has 1 aromatic carbocycles. The van der Waals surface area contributed by atoms with Crippen molar-refractivity contribution in [3.05, 3.63) is 28.3 Å². The van der Waals surface area contributed by atoms with Gasteiger partial charge in [0, 0.05) is 16.6 Å². The number of hydrogen-bond donors (Lipinski definition) is 2. The van der Waals surface area contributed by atoms with Crippen molar-refractivity contribution in [2.75, 3.05) is 13.7 Å². The lowest BCUT2D eigenvalue weighted by molar-refractivity contribution is 0.153. The number of aliphatic hydroxyl groups excluding tert-OH is 1. The molecule has 3 nitrogen and oxygen atoms in total. The van der Waals surface area contributed by atoms with Crippen LogP contribution in [0.1, 0.15) is 23.7 Å². The van der Waals surface area contributed by atoms with E-state index in [2.05, 4.69) is 5.32 Å². The number of benzene rings is 1. The molecule has 2 rings (SSSR count). The Morgan fingerprint density at radius 2 is 2.18 bits per heavy atom. The number of likely N-dealkylation sites (N-methyl/N-ethyl adjacent to an activating group) is 1. The molecular formula is C12H17Cl2NO2. The molecule has 0 aromatic heterocycles. The molecule has 0 saturated heterocycles. The summed E-state index contributed by atoms with van der Waals surface area (Å²) in [5.74, 6) is 0.743. The average Bonchev–Trinajstić information content (AvgIpc) is 2.41. The molecule has 0 amide bonds. The minimum Gasteiger partial charge on any atom is -0.492 e. The zero-order valence-corrected chi connectivity index (χ0v) is 11.4. The van der Waals surface area contributed by atoms with E-state index >= 15 is 0 Å². The average molecular weight is 278 g/mol. The molecule has 0 bridgehead atoms. The predicted molar refractivity (Wildman–Crippen MR) is 71.4 cm³/mol. The van der Waals surface area contributed by atoms with E-state index in [4.69, 9.17) is 16.3 Å². The lowest BCUT2D eigenvalue weighted by Gasteiger charge is -2.14. The second-order valence-corrected chi connectivity index (χ2v) is 4.59. The number of aliphatic hydroxyl groups is 1. The van der Waals surface area contributed by atoms with Crippen molar-refractivity contribution in [3.63, 3.8) is 0 Å². The fourth-order valence-electron chi connectivity index (χ4n) is 1.91. The van der Waals surface area contributed by atoms with Crippen molar-refractivity contribution >= 4 is 24.0 Å². The summed E-state index contributed by atoms with van der Waals surface area (Å²) in [5.41, 5.74) is 1.75. The van der Waals surface area contributed by atoms with E-state index in [9.17, 15) is 5.11 Å². The SMILES string of the molecule is CN[C@H]1COc2cc(C)c(Cl)cc2[C@H](O)C1.Cl. The molecular weight excluding hydrogens is 261 g/mol. The second-order valence-electron chi connectivity index (χ2n) is 4.19. The second kappa shape index (κ2) is 5.91. The first-order valence-electron chi connectivity index (χ1n) is 5.40. The molecule has 0 aliphatic carbocycles. The number of ether oxygens (including phenoxy) is 1. The highest BCUT2D eigenvalue weighted by atomic mass is 35.5. The third-order valence-corrected chi connectivity index (χ3v) is 3.41. The summed E-state index contributed by atoms with van der Waals surface area (Å²) in [6.45, 7) is 2.50. The maximum absolute atomic E-state index is 10.1. The number of halogens is 2. The number of hydrogen-bond acceptors (Lipinski definition) is 3. The van der Waals surface area contributed by atoms with Crippen molar-refractivity contribution < 1.29 is 9.84 Å². The van der Waals surface area contributed by atoms with Gasteiger partial charge in [-0.05, 0) is 38.1 Å². The van der Waals surface area contributed by atoms with Crippen LogP contribution in [0.25, 0.3) is 0 Å². The minimum absolute atomic E-state index is 0. The van der Waals surface area contributed by atoms with Crippen LogP contribution < -0.4 is 10.1 Å². The summed E-state index contributed by atoms with van der Waals surface area (Å²) in [4.78, 5) is 0. The Morgan fingerprint density at radius 3 is 2.82 bits per heavy atom. The highest BCUT2D eigenvalue weighted by Gasteiger charge is 2.23. The molecule has 0 unspecified atom stereocenters. The number of fused-ring (bicyclic) bond motifs is 1. The van der Waals surface area contributed by atoms with E-state index in [1.165, 1.54) is 0 Å². The van der Waals surface area contributed by atoms with Crippen LogP contribution in [0.2, 0.25) is 5.02 Å². The van der Waals surface area contributed by atoms with E-state index in [0.717, 1.165) is 16.9 Å². The van der Waals surface area contributed by atoms with Crippen molar-refractivity contribution in [2.45, 2.75) is 25.5 Å². The highest BCUT2D eigenvalue weighted by Crippen LogP contribution is 2.35. The van der Waals surface area contributed by atoms with Gasteiger partial charge in [0.15, 0.2) is 0 Å². The van der Waals surface area contributed by atoms with Gasteiger partial charge in [-0.3, -0.25) is 0 Å². The summed E-state index contributed by atoms with van der Waals surface area (Å²) >= 11 is 6.05. The van der Waals surface area contributed by atoms with Gasteiger partial charge in [-0.2, -0.15) is 0 Å². The molecule has 0 fully saturated rings. The van der Waals surface area contributed by atoms with Crippen LogP contribution in [0.5, 0.6) is 5.75 Å². The quantitative estimate of drug-likeness (QED) is 0.829. The minimum atomic E-state index is -0.520. The van der Waals surface area contributed by atoms with Gasteiger partial charge < -0.3 is 15.2 Å². The predicted octanol–water partition coefficient (Wildman–Crippen LogP) is 2.47. The van der Waals surface area contributed by atoms with Crippen LogP contribution in [0.15, 0.2) is 12.1 Å². The third kappa shape index (κ3) is 3.05. The van der Waals surface area contributed by atoms with Gasteiger partial charge in [-0.25, -0.2) is 0 Å². The van der Waals surface area contributed by atoms with Gasteiger partial charge in [0.05, 0.1) is 6.10 Å². The van der Waals surface area contributed by atoms with Crippen LogP contribution >= 0.6 is 24.0 Å². The van der Waals surface area contributed by atoms with Crippen molar-refractivity contribution in [2.24, 2.45) is 0 Å². The van der Waals surface area contributed by atoms with Crippen molar-refractivity contribution in [1.29, 1.82) is 0 Å². The van der Waals surface area contributed by atoms with Crippen LogP contribution in [-0.4, -0.2) is 24.8 Å². The van der Waals surface area contributed by atoms with E-state index in [1.54, 1.807) is 6.07 Å². The van der Waals surface area contributed by atoms with Crippen molar-refractivity contribution in [3.8, 4) is 5.75 Å². The molecule has 17 heavy (non-hydrogen) atoms. The lowest BCUT2D eigenvalue weighted by atomic mass is 10.0. The zero-order valence-electron chi connectivity index (χ0n) is 9.87. The smallest absolute Gasteiger partial charge is 0.125 e. The Balaban J connectivity index is 0.00000144. The Hall–Kier alpha value is -0.480. The standard InChI is InChI=1S/C12H16ClNO2.ClH/c1-7-3-12-9(5-10(7)13)11(15)4-8(14-2)6-16-12;/h3,5,8,11,14-15H,4,6H2,1-2H3;1H/t8-,11-;/m1./s1. The normalized spacial score (nSPS) is 23.1. The fraction of sp³-hybridized carbons (Fsp3) is 0.500. The number of nitrogens with one attached hydrogen (secondary N) is 1. The van der Waals surface area contributed by atoms with Gasteiger partial charge in [0.1, 0.15) is 12.4 Å². The van der Waals surface area contributed by atoms with E-state index < -0.39 is 6.10 Å². The summed E-state index contributed by atoms with van der Waals surface area (Å²) in [6.07, 6.45) is 0.121. The molecule has 0 radical (unpaired) electrons. The monoisotopic (exact) mass is 277 g/mol. The molecule has 1 heterocycles. The first-order valence-corrected chi connectivity index (χ1v) is 5.77. The molecule has 1 aliphatic rings. The molecule has 1 aromatic rings. The first kappa shape index (κ1) is 14.6. The Labute approximate surface area is 113 Å². The molecule has 0 saturated carbocycles.